The van der Waals surface area contributed by atoms with Crippen molar-refractivity contribution in [3.05, 3.63) is 21.6 Å². The molecule has 0 saturated heterocycles. The van der Waals surface area contributed by atoms with Crippen molar-refractivity contribution in [2.45, 2.75) is 44.1 Å². The van der Waals surface area contributed by atoms with Crippen molar-refractivity contribution in [3.8, 4) is 0 Å². The number of anilines is 1. The maximum absolute atomic E-state index is 11.2. The van der Waals surface area contributed by atoms with Gasteiger partial charge in [-0.15, -0.1) is 0 Å². The van der Waals surface area contributed by atoms with Crippen molar-refractivity contribution in [3.63, 3.8) is 0 Å². The van der Waals surface area contributed by atoms with E-state index < -0.39 is 4.92 Å². The molecule has 1 aromatic rings. The molecule has 1 heterocycles. The smallest absolute Gasteiger partial charge is 0.348 e. The van der Waals surface area contributed by atoms with E-state index in [0.29, 0.717) is 0 Å². The topological polar surface area (TPSA) is 81.0 Å². The second kappa shape index (κ2) is 4.53. The Morgan fingerprint density at radius 3 is 2.29 bits per heavy atom. The van der Waals surface area contributed by atoms with Crippen molar-refractivity contribution >= 4 is 23.1 Å². The van der Waals surface area contributed by atoms with Crippen molar-refractivity contribution in [2.24, 2.45) is 17.8 Å². The van der Waals surface area contributed by atoms with Gasteiger partial charge in [0.2, 0.25) is 11.0 Å². The molecule has 0 amide bonds. The molecule has 7 heteroatoms. The first-order valence-electron chi connectivity index (χ1n) is 7.48. The Kier molecular flexibility index (Phi) is 2.86. The fraction of sp³-hybridized carbons (Fsp3) is 0.714. The van der Waals surface area contributed by atoms with Gasteiger partial charge in [0.25, 0.3) is 0 Å². The molecule has 4 fully saturated rings. The van der Waals surface area contributed by atoms with Gasteiger partial charge in [-0.3, -0.25) is 10.1 Å². The zero-order valence-corrected chi connectivity index (χ0v) is 12.3. The lowest BCUT2D eigenvalue weighted by atomic mass is 9.53. The minimum Gasteiger partial charge on any atom is -0.359 e. The van der Waals surface area contributed by atoms with Crippen LogP contribution in [0.4, 0.5) is 11.5 Å². The van der Waals surface area contributed by atoms with Gasteiger partial charge in [0, 0.05) is 5.54 Å². The molecule has 4 aliphatic rings. The molecule has 21 heavy (non-hydrogen) atoms. The lowest BCUT2D eigenvalue weighted by Crippen LogP contribution is -2.55. The average Bonchev–Trinajstić information content (AvgIpc) is 2.35. The average molecular weight is 309 g/mol. The molecular formula is C14H17ClN4O2. The van der Waals surface area contributed by atoms with Crippen LogP contribution in [0.5, 0.6) is 0 Å². The van der Waals surface area contributed by atoms with Gasteiger partial charge in [0.15, 0.2) is 0 Å². The number of rotatable bonds is 3. The van der Waals surface area contributed by atoms with Gasteiger partial charge >= 0.3 is 5.69 Å². The highest BCUT2D eigenvalue weighted by molar-refractivity contribution is 6.31. The molecule has 0 radical (unpaired) electrons. The molecular weight excluding hydrogens is 292 g/mol. The van der Waals surface area contributed by atoms with Crippen LogP contribution in [-0.4, -0.2) is 20.4 Å². The molecule has 1 aromatic heterocycles. The minimum absolute atomic E-state index is 0.0306. The first-order valence-corrected chi connectivity index (χ1v) is 7.85. The predicted molar refractivity (Wildman–Crippen MR) is 78.2 cm³/mol. The van der Waals surface area contributed by atoms with Crippen LogP contribution in [-0.2, 0) is 0 Å². The Bertz CT molecular complexity index is 571. The predicted octanol–water partition coefficient (Wildman–Crippen LogP) is 3.42. The fourth-order valence-electron chi connectivity index (χ4n) is 5.13. The van der Waals surface area contributed by atoms with Gasteiger partial charge in [0.05, 0.1) is 4.92 Å². The van der Waals surface area contributed by atoms with Gasteiger partial charge in [-0.2, -0.15) is 0 Å². The second-order valence-electron chi connectivity index (χ2n) is 6.94. The third-order valence-electron chi connectivity index (χ3n) is 5.38. The highest BCUT2D eigenvalue weighted by Gasteiger charge is 2.51. The van der Waals surface area contributed by atoms with Crippen LogP contribution in [0.25, 0.3) is 0 Å². The summed E-state index contributed by atoms with van der Waals surface area (Å²) in [6.07, 6.45) is 8.56. The van der Waals surface area contributed by atoms with E-state index in [1.165, 1.54) is 25.6 Å². The van der Waals surface area contributed by atoms with E-state index in [0.717, 1.165) is 37.0 Å². The molecule has 4 aliphatic carbocycles. The van der Waals surface area contributed by atoms with Crippen LogP contribution >= 0.6 is 11.6 Å². The van der Waals surface area contributed by atoms with Crippen LogP contribution in [0.15, 0.2) is 6.33 Å². The molecule has 1 N–H and O–H groups in total. The maximum atomic E-state index is 11.2. The van der Waals surface area contributed by atoms with Gasteiger partial charge in [0.1, 0.15) is 6.33 Å². The fourth-order valence-corrected chi connectivity index (χ4v) is 5.33. The Labute approximate surface area is 127 Å². The summed E-state index contributed by atoms with van der Waals surface area (Å²) in [5, 5.41) is 14.5. The highest BCUT2D eigenvalue weighted by Crippen LogP contribution is 2.56. The lowest BCUT2D eigenvalue weighted by Gasteiger charge is -2.57. The third-order valence-corrected chi connectivity index (χ3v) is 5.66. The molecule has 0 atom stereocenters. The van der Waals surface area contributed by atoms with Gasteiger partial charge < -0.3 is 5.32 Å². The van der Waals surface area contributed by atoms with E-state index in [9.17, 15) is 10.1 Å². The summed E-state index contributed by atoms with van der Waals surface area (Å²) < 4.78 is 0. The van der Waals surface area contributed by atoms with Crippen molar-refractivity contribution in [1.29, 1.82) is 0 Å². The van der Waals surface area contributed by atoms with Crippen LogP contribution in [0.3, 0.4) is 0 Å². The van der Waals surface area contributed by atoms with Gasteiger partial charge in [-0.05, 0) is 56.3 Å². The third kappa shape index (κ3) is 2.16. The zero-order valence-electron chi connectivity index (χ0n) is 11.6. The number of halogens is 1. The highest BCUT2D eigenvalue weighted by atomic mass is 35.5. The lowest BCUT2D eigenvalue weighted by molar-refractivity contribution is -0.384. The monoisotopic (exact) mass is 308 g/mol. The van der Waals surface area contributed by atoms with Crippen molar-refractivity contribution in [1.82, 2.24) is 9.97 Å². The zero-order chi connectivity index (χ0) is 14.6. The summed E-state index contributed by atoms with van der Waals surface area (Å²) in [5.74, 6) is 2.57. The Balaban J connectivity index is 1.67. The summed E-state index contributed by atoms with van der Waals surface area (Å²) in [5.41, 5.74) is -0.230. The summed E-state index contributed by atoms with van der Waals surface area (Å²) in [7, 11) is 0. The van der Waals surface area contributed by atoms with Crippen LogP contribution in [0.2, 0.25) is 5.15 Å². The van der Waals surface area contributed by atoms with E-state index in [1.807, 2.05) is 0 Å². The van der Waals surface area contributed by atoms with Crippen LogP contribution < -0.4 is 5.32 Å². The molecule has 0 aliphatic heterocycles. The summed E-state index contributed by atoms with van der Waals surface area (Å²) in [6.45, 7) is 0. The van der Waals surface area contributed by atoms with E-state index in [2.05, 4.69) is 15.3 Å². The van der Waals surface area contributed by atoms with E-state index in [-0.39, 0.29) is 22.2 Å². The summed E-state index contributed by atoms with van der Waals surface area (Å²) >= 11 is 5.88. The number of hydrogen-bond acceptors (Lipinski definition) is 5. The molecule has 0 aromatic carbocycles. The number of nitrogens with zero attached hydrogens (tertiary/aromatic N) is 3. The van der Waals surface area contributed by atoms with Crippen LogP contribution in [0, 0.1) is 27.9 Å². The van der Waals surface area contributed by atoms with Crippen LogP contribution in [0.1, 0.15) is 38.5 Å². The van der Waals surface area contributed by atoms with Crippen molar-refractivity contribution < 1.29 is 4.92 Å². The summed E-state index contributed by atoms with van der Waals surface area (Å²) in [6, 6.07) is 0. The molecule has 0 unspecified atom stereocenters. The Morgan fingerprint density at radius 2 is 1.76 bits per heavy atom. The molecule has 6 nitrogen and oxygen atoms in total. The largest absolute Gasteiger partial charge is 0.359 e. The normalized spacial score (nSPS) is 36.7. The first kappa shape index (κ1) is 13.2. The first-order chi connectivity index (χ1) is 10.0. The van der Waals surface area contributed by atoms with E-state index in [4.69, 9.17) is 11.6 Å². The quantitative estimate of drug-likeness (QED) is 0.525. The molecule has 0 spiro atoms. The molecule has 112 valence electrons. The SMILES string of the molecule is O=[N+]([O-])c1c(Cl)ncnc1NC12CC3CC(CC(C3)C1)C2. The molecule has 4 saturated carbocycles. The maximum Gasteiger partial charge on any atom is 0.348 e. The molecule has 4 bridgehead atoms. The number of nitrogens with one attached hydrogen (secondary N) is 1. The number of aromatic nitrogens is 2. The minimum atomic E-state index is -0.495. The second-order valence-corrected chi connectivity index (χ2v) is 7.30. The molecule has 5 rings (SSSR count). The van der Waals surface area contributed by atoms with Gasteiger partial charge in [-0.25, -0.2) is 9.97 Å². The Hall–Kier alpha value is -1.43. The number of nitro groups is 1. The standard InChI is InChI=1S/C14H17ClN4O2/c15-12-11(19(20)21)13(17-7-16-12)18-14-4-8-1-9(5-14)3-10(2-8)6-14/h7-10H,1-6H2,(H,16,17,18). The summed E-state index contributed by atoms with van der Waals surface area (Å²) in [4.78, 5) is 18.6. The van der Waals surface area contributed by atoms with Gasteiger partial charge in [-0.1, -0.05) is 11.6 Å². The van der Waals surface area contributed by atoms with E-state index >= 15 is 0 Å². The van der Waals surface area contributed by atoms with Crippen molar-refractivity contribution in [2.75, 3.05) is 5.32 Å². The number of hydrogen-bond donors (Lipinski definition) is 1. The Morgan fingerprint density at radius 1 is 1.19 bits per heavy atom. The van der Waals surface area contributed by atoms with E-state index in [1.54, 1.807) is 0 Å².